The SMILES string of the molecule is CCOC1CC(NC(=NC)NC(C)(C)C)C12CCC2.I. The van der Waals surface area contributed by atoms with Gasteiger partial charge in [0.2, 0.25) is 0 Å². The average molecular weight is 395 g/mol. The molecule has 20 heavy (non-hydrogen) atoms. The van der Waals surface area contributed by atoms with E-state index in [2.05, 4.69) is 43.3 Å². The molecule has 0 saturated heterocycles. The molecule has 0 radical (unpaired) electrons. The Morgan fingerprint density at radius 3 is 2.40 bits per heavy atom. The second-order valence-electron chi connectivity index (χ2n) is 6.91. The monoisotopic (exact) mass is 395 g/mol. The Balaban J connectivity index is 0.00000200. The molecule has 2 fully saturated rings. The van der Waals surface area contributed by atoms with E-state index in [4.69, 9.17) is 4.74 Å². The van der Waals surface area contributed by atoms with Crippen molar-refractivity contribution in [1.82, 2.24) is 10.6 Å². The highest BCUT2D eigenvalue weighted by atomic mass is 127. The fraction of sp³-hybridized carbons (Fsp3) is 0.933. The number of nitrogens with zero attached hydrogens (tertiary/aromatic N) is 1. The van der Waals surface area contributed by atoms with Gasteiger partial charge < -0.3 is 15.4 Å². The van der Waals surface area contributed by atoms with E-state index >= 15 is 0 Å². The quantitative estimate of drug-likeness (QED) is 0.439. The first-order chi connectivity index (χ1) is 8.91. The maximum Gasteiger partial charge on any atom is 0.191 e. The molecule has 5 heteroatoms. The van der Waals surface area contributed by atoms with Crippen LogP contribution >= 0.6 is 24.0 Å². The van der Waals surface area contributed by atoms with Crippen LogP contribution < -0.4 is 10.6 Å². The largest absolute Gasteiger partial charge is 0.378 e. The van der Waals surface area contributed by atoms with Crippen LogP contribution in [0, 0.1) is 5.41 Å². The molecule has 1 spiro atoms. The van der Waals surface area contributed by atoms with Crippen molar-refractivity contribution in [3.63, 3.8) is 0 Å². The maximum atomic E-state index is 5.88. The molecule has 0 heterocycles. The molecule has 0 aromatic rings. The molecular weight excluding hydrogens is 365 g/mol. The van der Waals surface area contributed by atoms with Gasteiger partial charge in [-0.25, -0.2) is 0 Å². The van der Waals surface area contributed by atoms with Gasteiger partial charge in [-0.2, -0.15) is 0 Å². The smallest absolute Gasteiger partial charge is 0.191 e. The summed E-state index contributed by atoms with van der Waals surface area (Å²) >= 11 is 0. The van der Waals surface area contributed by atoms with E-state index in [-0.39, 0.29) is 29.5 Å². The summed E-state index contributed by atoms with van der Waals surface area (Å²) in [5.74, 6) is 0.915. The second-order valence-corrected chi connectivity index (χ2v) is 6.91. The predicted octanol–water partition coefficient (Wildman–Crippen LogP) is 2.92. The first-order valence-electron chi connectivity index (χ1n) is 7.54. The lowest BCUT2D eigenvalue weighted by Gasteiger charge is -2.61. The van der Waals surface area contributed by atoms with Gasteiger partial charge >= 0.3 is 0 Å². The van der Waals surface area contributed by atoms with Crippen molar-refractivity contribution < 1.29 is 4.74 Å². The lowest BCUT2D eigenvalue weighted by atomic mass is 9.51. The summed E-state index contributed by atoms with van der Waals surface area (Å²) in [6.45, 7) is 9.38. The molecule has 2 rings (SSSR count). The molecular formula is C15H30IN3O. The topological polar surface area (TPSA) is 45.6 Å². The van der Waals surface area contributed by atoms with Crippen LogP contribution in [0.25, 0.3) is 0 Å². The molecule has 2 unspecified atom stereocenters. The lowest BCUT2D eigenvalue weighted by molar-refractivity contribution is -0.168. The first-order valence-corrected chi connectivity index (χ1v) is 7.54. The summed E-state index contributed by atoms with van der Waals surface area (Å²) < 4.78 is 5.88. The Hall–Kier alpha value is -0.0400. The van der Waals surface area contributed by atoms with Crippen LogP contribution in [0.5, 0.6) is 0 Å². The van der Waals surface area contributed by atoms with Crippen molar-refractivity contribution in [3.05, 3.63) is 0 Å². The van der Waals surface area contributed by atoms with Gasteiger partial charge in [-0.3, -0.25) is 4.99 Å². The minimum absolute atomic E-state index is 0. The zero-order valence-corrected chi connectivity index (χ0v) is 15.8. The summed E-state index contributed by atoms with van der Waals surface area (Å²) in [5.41, 5.74) is 0.420. The van der Waals surface area contributed by atoms with Crippen molar-refractivity contribution in [1.29, 1.82) is 0 Å². The molecule has 0 aromatic carbocycles. The fourth-order valence-corrected chi connectivity index (χ4v) is 3.32. The minimum atomic E-state index is 0. The number of nitrogens with one attached hydrogen (secondary N) is 2. The van der Waals surface area contributed by atoms with Crippen LogP contribution in [0.4, 0.5) is 0 Å². The fourth-order valence-electron chi connectivity index (χ4n) is 3.32. The second kappa shape index (κ2) is 6.81. The normalized spacial score (nSPS) is 28.1. The van der Waals surface area contributed by atoms with Crippen molar-refractivity contribution in [2.45, 2.75) is 71.1 Å². The molecule has 2 aliphatic rings. The van der Waals surface area contributed by atoms with E-state index in [1.807, 2.05) is 7.05 Å². The number of hydrogen-bond donors (Lipinski definition) is 2. The van der Waals surface area contributed by atoms with Crippen molar-refractivity contribution in [2.24, 2.45) is 10.4 Å². The Kier molecular flexibility index (Phi) is 6.14. The van der Waals surface area contributed by atoms with E-state index in [1.54, 1.807) is 0 Å². The van der Waals surface area contributed by atoms with E-state index in [1.165, 1.54) is 19.3 Å². The average Bonchev–Trinajstić information content (AvgIpc) is 2.22. The molecule has 2 saturated carbocycles. The molecule has 118 valence electrons. The first kappa shape index (κ1) is 18.0. The number of rotatable bonds is 3. The van der Waals surface area contributed by atoms with Crippen LogP contribution in [0.3, 0.4) is 0 Å². The minimum Gasteiger partial charge on any atom is -0.378 e. The lowest BCUT2D eigenvalue weighted by Crippen LogP contribution is -2.69. The van der Waals surface area contributed by atoms with Crippen LogP contribution in [0.2, 0.25) is 0 Å². The van der Waals surface area contributed by atoms with E-state index in [0.29, 0.717) is 17.6 Å². The summed E-state index contributed by atoms with van der Waals surface area (Å²) in [7, 11) is 1.84. The molecule has 0 aliphatic heterocycles. The standard InChI is InChI=1S/C15H29N3O.HI/c1-6-19-12-10-11(15(12)8-7-9-15)17-13(16-5)18-14(2,3)4;/h11-12H,6-10H2,1-5H3,(H2,16,17,18);1H. The third-order valence-corrected chi connectivity index (χ3v) is 4.47. The van der Waals surface area contributed by atoms with Crippen molar-refractivity contribution in [3.8, 4) is 0 Å². The van der Waals surface area contributed by atoms with Crippen LogP contribution in [0.15, 0.2) is 4.99 Å². The Morgan fingerprint density at radius 1 is 1.35 bits per heavy atom. The molecule has 2 N–H and O–H groups in total. The van der Waals surface area contributed by atoms with Gasteiger partial charge in [0.15, 0.2) is 5.96 Å². The summed E-state index contributed by atoms with van der Waals surface area (Å²) in [6, 6.07) is 0.520. The van der Waals surface area contributed by atoms with E-state index in [0.717, 1.165) is 19.0 Å². The third-order valence-electron chi connectivity index (χ3n) is 4.47. The van der Waals surface area contributed by atoms with Gasteiger partial charge in [0.05, 0.1) is 6.10 Å². The summed E-state index contributed by atoms with van der Waals surface area (Å²) in [6.07, 6.45) is 5.49. The zero-order valence-electron chi connectivity index (χ0n) is 13.5. The highest BCUT2D eigenvalue weighted by molar-refractivity contribution is 14.0. The molecule has 4 nitrogen and oxygen atoms in total. The molecule has 2 aliphatic carbocycles. The van der Waals surface area contributed by atoms with Crippen molar-refractivity contribution >= 4 is 29.9 Å². The van der Waals surface area contributed by atoms with Crippen molar-refractivity contribution in [2.75, 3.05) is 13.7 Å². The Labute approximate surface area is 140 Å². The number of halogens is 1. The molecule has 0 aromatic heterocycles. The van der Waals surface area contributed by atoms with Crippen LogP contribution in [-0.4, -0.2) is 37.3 Å². The highest BCUT2D eigenvalue weighted by Crippen LogP contribution is 2.57. The molecule has 0 bridgehead atoms. The predicted molar refractivity (Wildman–Crippen MR) is 94.9 cm³/mol. The number of ether oxygens (including phenoxy) is 1. The number of guanidine groups is 1. The van der Waals surface area contributed by atoms with E-state index in [9.17, 15) is 0 Å². The van der Waals surface area contributed by atoms with E-state index < -0.39 is 0 Å². The number of hydrogen-bond acceptors (Lipinski definition) is 2. The van der Waals surface area contributed by atoms with Gasteiger partial charge in [-0.05, 0) is 47.0 Å². The maximum absolute atomic E-state index is 5.88. The Morgan fingerprint density at radius 2 is 2.00 bits per heavy atom. The van der Waals surface area contributed by atoms with Gasteiger partial charge in [0.1, 0.15) is 0 Å². The highest BCUT2D eigenvalue weighted by Gasteiger charge is 2.59. The van der Waals surface area contributed by atoms with Crippen LogP contribution in [-0.2, 0) is 4.74 Å². The van der Waals surface area contributed by atoms with Gasteiger partial charge in [0.25, 0.3) is 0 Å². The van der Waals surface area contributed by atoms with Gasteiger partial charge in [0, 0.05) is 30.7 Å². The third kappa shape index (κ3) is 3.59. The molecule has 2 atom stereocenters. The van der Waals surface area contributed by atoms with Gasteiger partial charge in [-0.1, -0.05) is 6.42 Å². The molecule has 0 amide bonds. The zero-order chi connectivity index (χ0) is 14.1. The Bertz CT molecular complexity index is 348. The van der Waals surface area contributed by atoms with Crippen LogP contribution in [0.1, 0.15) is 53.4 Å². The number of aliphatic imine (C=N–C) groups is 1. The summed E-state index contributed by atoms with van der Waals surface area (Å²) in [5, 5.41) is 7.04. The summed E-state index contributed by atoms with van der Waals surface area (Å²) in [4.78, 5) is 4.34. The van der Waals surface area contributed by atoms with Gasteiger partial charge in [-0.15, -0.1) is 24.0 Å².